The van der Waals surface area contributed by atoms with Crippen molar-refractivity contribution in [2.24, 2.45) is 7.05 Å². The molecule has 0 bridgehead atoms. The van der Waals surface area contributed by atoms with E-state index in [0.29, 0.717) is 44.4 Å². The third-order valence-electron chi connectivity index (χ3n) is 5.89. The first-order valence-corrected chi connectivity index (χ1v) is 12.5. The van der Waals surface area contributed by atoms with Crippen LogP contribution in [-0.4, -0.2) is 73.8 Å². The van der Waals surface area contributed by atoms with Gasteiger partial charge >= 0.3 is 0 Å². The number of anilines is 1. The van der Waals surface area contributed by atoms with Crippen molar-refractivity contribution in [1.82, 2.24) is 19.4 Å². The molecule has 174 valence electrons. The quantitative estimate of drug-likeness (QED) is 0.675. The van der Waals surface area contributed by atoms with E-state index in [1.54, 1.807) is 7.05 Å². The van der Waals surface area contributed by atoms with Gasteiger partial charge in [0.2, 0.25) is 5.03 Å². The zero-order chi connectivity index (χ0) is 22.9. The number of rotatable bonds is 6. The molecule has 9 nitrogen and oxygen atoms in total. The number of amides is 1. The van der Waals surface area contributed by atoms with Gasteiger partial charge in [-0.25, -0.2) is 8.42 Å². The smallest absolute Gasteiger partial charge is 0.263 e. The molecule has 1 aromatic carbocycles. The van der Waals surface area contributed by atoms with Crippen LogP contribution in [0, 0.1) is 6.92 Å². The summed E-state index contributed by atoms with van der Waals surface area (Å²) in [5.74, 6) is -0.458. The second-order valence-electron chi connectivity index (χ2n) is 8.19. The zero-order valence-corrected chi connectivity index (χ0v) is 19.8. The molecule has 1 amide bonds. The predicted octanol–water partition coefficient (Wildman–Crippen LogP) is 1.80. The highest BCUT2D eigenvalue weighted by Crippen LogP contribution is 2.27. The van der Waals surface area contributed by atoms with E-state index in [2.05, 4.69) is 15.3 Å². The summed E-state index contributed by atoms with van der Waals surface area (Å²) < 4.78 is 35.0. The Labute approximate surface area is 193 Å². The summed E-state index contributed by atoms with van der Waals surface area (Å²) in [4.78, 5) is 14.9. The Morgan fingerprint density at radius 2 is 2.03 bits per heavy atom. The maximum absolute atomic E-state index is 13.4. The molecule has 3 heterocycles. The number of aromatic nitrogens is 2. The first kappa shape index (κ1) is 23.0. The van der Waals surface area contributed by atoms with E-state index in [-0.39, 0.29) is 16.7 Å². The van der Waals surface area contributed by atoms with Crippen LogP contribution in [-0.2, 0) is 21.8 Å². The van der Waals surface area contributed by atoms with Gasteiger partial charge in [-0.2, -0.15) is 9.40 Å². The predicted molar refractivity (Wildman–Crippen MR) is 122 cm³/mol. The third kappa shape index (κ3) is 4.78. The monoisotopic (exact) mass is 481 g/mol. The highest BCUT2D eigenvalue weighted by atomic mass is 35.5. The fourth-order valence-corrected chi connectivity index (χ4v) is 5.85. The second-order valence-corrected chi connectivity index (χ2v) is 10.5. The Morgan fingerprint density at radius 3 is 2.72 bits per heavy atom. The lowest BCUT2D eigenvalue weighted by atomic mass is 10.1. The lowest BCUT2D eigenvalue weighted by molar-refractivity contribution is 0.0855. The van der Waals surface area contributed by atoms with Gasteiger partial charge in [-0.1, -0.05) is 17.7 Å². The highest BCUT2D eigenvalue weighted by Gasteiger charge is 2.35. The molecule has 2 fully saturated rings. The highest BCUT2D eigenvalue weighted by molar-refractivity contribution is 7.89. The van der Waals surface area contributed by atoms with Gasteiger partial charge in [-0.3, -0.25) is 9.48 Å². The molecule has 0 aliphatic carbocycles. The van der Waals surface area contributed by atoms with Gasteiger partial charge in [0.15, 0.2) is 0 Å². The van der Waals surface area contributed by atoms with Crippen molar-refractivity contribution in [3.05, 3.63) is 40.5 Å². The van der Waals surface area contributed by atoms with Crippen molar-refractivity contribution >= 4 is 33.2 Å². The van der Waals surface area contributed by atoms with Gasteiger partial charge in [0.1, 0.15) is 0 Å². The van der Waals surface area contributed by atoms with Crippen molar-refractivity contribution in [1.29, 1.82) is 0 Å². The Balaban J connectivity index is 1.47. The molecule has 1 aromatic heterocycles. The number of benzene rings is 1. The maximum Gasteiger partial charge on any atom is 0.263 e. The molecule has 32 heavy (non-hydrogen) atoms. The molecular formula is C21H28ClN5O4S. The van der Waals surface area contributed by atoms with Crippen LogP contribution in [0.2, 0.25) is 5.02 Å². The summed E-state index contributed by atoms with van der Waals surface area (Å²) in [7, 11) is -2.31. The summed E-state index contributed by atoms with van der Waals surface area (Å²) in [6.07, 6.45) is 3.27. The molecule has 11 heteroatoms. The van der Waals surface area contributed by atoms with Gasteiger partial charge < -0.3 is 15.0 Å². The van der Waals surface area contributed by atoms with Gasteiger partial charge in [0.05, 0.1) is 11.7 Å². The van der Waals surface area contributed by atoms with Crippen molar-refractivity contribution < 1.29 is 17.9 Å². The van der Waals surface area contributed by atoms with Crippen LogP contribution < -0.4 is 10.2 Å². The number of carbonyl (C=O) groups is 1. The van der Waals surface area contributed by atoms with E-state index in [1.165, 1.54) is 15.2 Å². The average Bonchev–Trinajstić information content (AvgIpc) is 3.44. The summed E-state index contributed by atoms with van der Waals surface area (Å²) >= 11 is 6.14. The van der Waals surface area contributed by atoms with Crippen LogP contribution in [0.1, 0.15) is 28.8 Å². The summed E-state index contributed by atoms with van der Waals surface area (Å²) in [5.41, 5.74) is 2.14. The molecule has 2 aromatic rings. The lowest BCUT2D eigenvalue weighted by Gasteiger charge is -2.35. The number of hydrogen-bond donors (Lipinski definition) is 1. The van der Waals surface area contributed by atoms with Crippen molar-refractivity contribution in [3.8, 4) is 0 Å². The van der Waals surface area contributed by atoms with Crippen molar-refractivity contribution in [3.63, 3.8) is 0 Å². The van der Waals surface area contributed by atoms with E-state index in [9.17, 15) is 13.2 Å². The Hall–Kier alpha value is -2.14. The number of hydrogen-bond acceptors (Lipinski definition) is 6. The van der Waals surface area contributed by atoms with Crippen LogP contribution in [0.4, 0.5) is 5.69 Å². The van der Waals surface area contributed by atoms with Crippen LogP contribution >= 0.6 is 11.6 Å². The zero-order valence-electron chi connectivity index (χ0n) is 18.3. The SMILES string of the molecule is Cc1ccc(Cl)cc1N1CCN(S(=O)(=O)c2nn(C)cc2C(=O)NC[C@@H]2CCCO2)CC1. The molecule has 2 aliphatic heterocycles. The molecule has 1 atom stereocenters. The summed E-state index contributed by atoms with van der Waals surface area (Å²) in [6, 6.07) is 5.69. The van der Waals surface area contributed by atoms with Gasteiger partial charge in [0, 0.05) is 63.3 Å². The number of nitrogens with zero attached hydrogens (tertiary/aromatic N) is 4. The van der Waals surface area contributed by atoms with Crippen molar-refractivity contribution in [2.45, 2.75) is 30.9 Å². The van der Waals surface area contributed by atoms with E-state index in [4.69, 9.17) is 16.3 Å². The largest absolute Gasteiger partial charge is 0.376 e. The molecular weight excluding hydrogens is 454 g/mol. The molecule has 0 unspecified atom stereocenters. The number of nitrogens with one attached hydrogen (secondary N) is 1. The fourth-order valence-electron chi connectivity index (χ4n) is 4.14. The maximum atomic E-state index is 13.4. The molecule has 1 N–H and O–H groups in total. The topological polar surface area (TPSA) is 96.8 Å². The van der Waals surface area contributed by atoms with Crippen LogP contribution in [0.5, 0.6) is 0 Å². The molecule has 0 saturated carbocycles. The summed E-state index contributed by atoms with van der Waals surface area (Å²) in [5, 5.41) is 7.35. The standard InChI is InChI=1S/C21H28ClN5O4S/c1-15-5-6-16(22)12-19(15)26-7-9-27(10-8-26)32(29,30)21-18(14-25(2)24-21)20(28)23-13-17-4-3-11-31-17/h5-6,12,14,17H,3-4,7-11,13H2,1-2H3,(H,23,28)/t17-/m0/s1. The molecule has 2 aliphatic rings. The average molecular weight is 482 g/mol. The number of sulfonamides is 1. The summed E-state index contributed by atoms with van der Waals surface area (Å²) in [6.45, 7) is 4.67. The number of aryl methyl sites for hydroxylation is 2. The lowest BCUT2D eigenvalue weighted by Crippen LogP contribution is -2.49. The number of carbonyl (C=O) groups excluding carboxylic acids is 1. The van der Waals surface area contributed by atoms with Gasteiger partial charge in [-0.15, -0.1) is 0 Å². The number of ether oxygens (including phenoxy) is 1. The fraction of sp³-hybridized carbons (Fsp3) is 0.524. The second kappa shape index (κ2) is 9.38. The Morgan fingerprint density at radius 1 is 1.28 bits per heavy atom. The molecule has 2 saturated heterocycles. The van der Waals surface area contributed by atoms with Gasteiger partial charge in [-0.05, 0) is 37.5 Å². The van der Waals surface area contributed by atoms with Crippen molar-refractivity contribution in [2.75, 3.05) is 44.2 Å². The third-order valence-corrected chi connectivity index (χ3v) is 7.96. The van der Waals surface area contributed by atoms with Crippen LogP contribution in [0.25, 0.3) is 0 Å². The first-order chi connectivity index (χ1) is 15.3. The normalized spacial score (nSPS) is 20.0. The minimum absolute atomic E-state index is 0.0290. The van der Waals surface area contributed by atoms with E-state index < -0.39 is 15.9 Å². The van der Waals surface area contributed by atoms with E-state index in [0.717, 1.165) is 24.1 Å². The molecule has 0 radical (unpaired) electrons. The Bertz CT molecular complexity index is 1090. The molecule has 0 spiro atoms. The van der Waals surface area contributed by atoms with Crippen LogP contribution in [0.15, 0.2) is 29.4 Å². The number of piperazine rings is 1. The van der Waals surface area contributed by atoms with Gasteiger partial charge in [0.25, 0.3) is 15.9 Å². The first-order valence-electron chi connectivity index (χ1n) is 10.7. The molecule has 4 rings (SSSR count). The Kier molecular flexibility index (Phi) is 6.75. The van der Waals surface area contributed by atoms with E-state index in [1.807, 2.05) is 25.1 Å². The minimum atomic E-state index is -3.92. The van der Waals surface area contributed by atoms with E-state index >= 15 is 0 Å². The van der Waals surface area contributed by atoms with Crippen LogP contribution in [0.3, 0.4) is 0 Å². The minimum Gasteiger partial charge on any atom is -0.376 e. The number of halogens is 1.